The molecule has 136 valence electrons. The predicted octanol–water partition coefficient (Wildman–Crippen LogP) is 2.60. The van der Waals surface area contributed by atoms with E-state index in [9.17, 15) is 9.59 Å². The summed E-state index contributed by atoms with van der Waals surface area (Å²) in [5.74, 6) is 0.246. The number of carbonyl (C=O) groups excluding carboxylic acids is 2. The predicted molar refractivity (Wildman–Crippen MR) is 99.5 cm³/mol. The van der Waals surface area contributed by atoms with E-state index in [1.54, 1.807) is 16.0 Å². The van der Waals surface area contributed by atoms with Crippen molar-refractivity contribution >= 4 is 28.2 Å². The first-order valence-electron chi connectivity index (χ1n) is 9.35. The normalized spacial score (nSPS) is 23.6. The van der Waals surface area contributed by atoms with E-state index in [0.717, 1.165) is 60.2 Å². The van der Waals surface area contributed by atoms with E-state index in [1.807, 2.05) is 19.4 Å². The molecule has 6 nitrogen and oxygen atoms in total. The summed E-state index contributed by atoms with van der Waals surface area (Å²) in [4.78, 5) is 26.7. The fourth-order valence-electron chi connectivity index (χ4n) is 3.91. The highest BCUT2D eigenvalue weighted by Gasteiger charge is 2.45. The van der Waals surface area contributed by atoms with Gasteiger partial charge in [0.25, 0.3) is 5.91 Å². The van der Waals surface area contributed by atoms with Crippen molar-refractivity contribution < 1.29 is 9.59 Å². The van der Waals surface area contributed by atoms with E-state index < -0.39 is 0 Å². The summed E-state index contributed by atoms with van der Waals surface area (Å²) in [5.41, 5.74) is 3.00. The minimum Gasteiger partial charge on any atom is -0.349 e. The second kappa shape index (κ2) is 5.94. The Bertz CT molecular complexity index is 895. The molecule has 7 heteroatoms. The van der Waals surface area contributed by atoms with Gasteiger partial charge in [-0.05, 0) is 55.6 Å². The van der Waals surface area contributed by atoms with Crippen LogP contribution in [0.4, 0.5) is 5.00 Å². The van der Waals surface area contributed by atoms with Gasteiger partial charge in [0.15, 0.2) is 0 Å². The van der Waals surface area contributed by atoms with Gasteiger partial charge >= 0.3 is 0 Å². The summed E-state index contributed by atoms with van der Waals surface area (Å²) in [6.07, 6.45) is 9.86. The van der Waals surface area contributed by atoms with Gasteiger partial charge in [0.1, 0.15) is 5.00 Å². The van der Waals surface area contributed by atoms with Crippen molar-refractivity contribution in [3.63, 3.8) is 0 Å². The largest absolute Gasteiger partial charge is 0.349 e. The van der Waals surface area contributed by atoms with E-state index >= 15 is 0 Å². The molecule has 26 heavy (non-hydrogen) atoms. The second-order valence-corrected chi connectivity index (χ2v) is 8.80. The van der Waals surface area contributed by atoms with Crippen LogP contribution >= 0.6 is 11.3 Å². The molecule has 0 saturated heterocycles. The number of carbonyl (C=O) groups is 2. The zero-order valence-corrected chi connectivity index (χ0v) is 15.6. The molecule has 0 radical (unpaired) electrons. The van der Waals surface area contributed by atoms with Crippen LogP contribution < -0.4 is 10.6 Å². The van der Waals surface area contributed by atoms with E-state index in [0.29, 0.717) is 6.04 Å². The summed E-state index contributed by atoms with van der Waals surface area (Å²) < 4.78 is 1.77. The average molecular weight is 370 g/mol. The summed E-state index contributed by atoms with van der Waals surface area (Å²) in [7, 11) is 1.89. The third-order valence-corrected chi connectivity index (χ3v) is 6.79. The summed E-state index contributed by atoms with van der Waals surface area (Å²) in [6.45, 7) is 0. The van der Waals surface area contributed by atoms with Crippen LogP contribution in [0.2, 0.25) is 0 Å². The highest BCUT2D eigenvalue weighted by atomic mass is 32.1. The number of aryl methyl sites for hydroxylation is 2. The zero-order chi connectivity index (χ0) is 17.8. The third-order valence-electron chi connectivity index (χ3n) is 5.58. The quantitative estimate of drug-likeness (QED) is 0.849. The van der Waals surface area contributed by atoms with Gasteiger partial charge in [-0.25, -0.2) is 0 Å². The highest BCUT2D eigenvalue weighted by Crippen LogP contribution is 2.48. The maximum Gasteiger partial charge on any atom is 0.254 e. The molecule has 2 atom stereocenters. The maximum absolute atomic E-state index is 12.7. The van der Waals surface area contributed by atoms with Crippen LogP contribution in [0.1, 0.15) is 58.0 Å². The van der Waals surface area contributed by atoms with E-state index in [4.69, 9.17) is 0 Å². The smallest absolute Gasteiger partial charge is 0.254 e. The van der Waals surface area contributed by atoms with E-state index in [2.05, 4.69) is 15.7 Å². The van der Waals surface area contributed by atoms with Gasteiger partial charge < -0.3 is 10.6 Å². The molecule has 2 aromatic rings. The molecule has 0 aromatic carbocycles. The second-order valence-electron chi connectivity index (χ2n) is 7.69. The molecule has 0 bridgehead atoms. The monoisotopic (exact) mass is 370 g/mol. The van der Waals surface area contributed by atoms with Gasteiger partial charge in [-0.15, -0.1) is 11.3 Å². The highest BCUT2D eigenvalue weighted by molar-refractivity contribution is 7.17. The molecule has 3 aliphatic carbocycles. The average Bonchev–Trinajstić information content (AvgIpc) is 3.45. The Hall–Kier alpha value is -2.15. The topological polar surface area (TPSA) is 76.0 Å². The minimum atomic E-state index is -0.0181. The molecule has 0 aliphatic heterocycles. The van der Waals surface area contributed by atoms with Crippen LogP contribution in [0, 0.1) is 5.92 Å². The molecule has 5 rings (SSSR count). The van der Waals surface area contributed by atoms with Crippen molar-refractivity contribution in [2.24, 2.45) is 13.0 Å². The van der Waals surface area contributed by atoms with Crippen LogP contribution in [0.25, 0.3) is 0 Å². The van der Waals surface area contributed by atoms with Gasteiger partial charge in [0.2, 0.25) is 5.91 Å². The third kappa shape index (κ3) is 2.84. The van der Waals surface area contributed by atoms with Crippen molar-refractivity contribution in [3.05, 3.63) is 34.0 Å². The Morgan fingerprint density at radius 3 is 2.88 bits per heavy atom. The Balaban J connectivity index is 1.34. The standard InChI is InChI=1S/C19H22N4O2S/c1-23-9-10(8-20-23)13-7-14(13)17(24)22-19-16(18(25)21-11-5-6-11)12-3-2-4-15(12)26-19/h8-9,11,13-14H,2-7H2,1H3,(H,21,25)(H,22,24)/t13-,14-/m0/s1. The minimum absolute atomic E-state index is 0.0122. The first-order chi connectivity index (χ1) is 12.6. The number of hydrogen-bond acceptors (Lipinski definition) is 4. The van der Waals surface area contributed by atoms with Crippen molar-refractivity contribution in [2.75, 3.05) is 5.32 Å². The molecular weight excluding hydrogens is 348 g/mol. The van der Waals surface area contributed by atoms with Gasteiger partial charge in [-0.3, -0.25) is 14.3 Å². The fraction of sp³-hybridized carbons (Fsp3) is 0.526. The van der Waals surface area contributed by atoms with Crippen molar-refractivity contribution in [2.45, 2.75) is 50.5 Å². The molecule has 0 spiro atoms. The maximum atomic E-state index is 12.7. The molecule has 2 amide bonds. The van der Waals surface area contributed by atoms with Crippen molar-refractivity contribution in [3.8, 4) is 0 Å². The zero-order valence-electron chi connectivity index (χ0n) is 14.7. The first kappa shape index (κ1) is 16.1. The number of amides is 2. The van der Waals surface area contributed by atoms with Crippen LogP contribution in [0.5, 0.6) is 0 Å². The molecular formula is C19H22N4O2S. The van der Waals surface area contributed by atoms with Gasteiger partial charge in [0.05, 0.1) is 11.8 Å². The summed E-state index contributed by atoms with van der Waals surface area (Å²) in [6, 6.07) is 0.321. The number of aromatic nitrogens is 2. The van der Waals surface area contributed by atoms with E-state index in [1.165, 1.54) is 4.88 Å². The molecule has 2 fully saturated rings. The molecule has 2 aromatic heterocycles. The molecule has 2 heterocycles. The lowest BCUT2D eigenvalue weighted by Gasteiger charge is -2.09. The van der Waals surface area contributed by atoms with Crippen LogP contribution in [-0.2, 0) is 24.7 Å². The Morgan fingerprint density at radius 1 is 1.31 bits per heavy atom. The molecule has 3 aliphatic rings. The van der Waals surface area contributed by atoms with Gasteiger partial charge in [0, 0.05) is 30.1 Å². The number of hydrogen-bond donors (Lipinski definition) is 2. The lowest BCUT2D eigenvalue weighted by atomic mass is 10.1. The Morgan fingerprint density at radius 2 is 2.15 bits per heavy atom. The lowest BCUT2D eigenvalue weighted by Crippen LogP contribution is -2.27. The number of fused-ring (bicyclic) bond motifs is 1. The molecule has 2 N–H and O–H groups in total. The molecule has 0 unspecified atom stereocenters. The first-order valence-corrected chi connectivity index (χ1v) is 10.2. The number of nitrogens with one attached hydrogen (secondary N) is 2. The lowest BCUT2D eigenvalue weighted by molar-refractivity contribution is -0.117. The van der Waals surface area contributed by atoms with E-state index in [-0.39, 0.29) is 23.7 Å². The molecule has 2 saturated carbocycles. The van der Waals surface area contributed by atoms with Crippen LogP contribution in [-0.4, -0.2) is 27.6 Å². The SMILES string of the molecule is Cn1cc([C@@H]2C[C@@H]2C(=O)Nc2sc3c(c2C(=O)NC2CC2)CCC3)cn1. The summed E-state index contributed by atoms with van der Waals surface area (Å²) in [5, 5.41) is 11.1. The Labute approximate surface area is 156 Å². The van der Waals surface area contributed by atoms with Crippen LogP contribution in [0.3, 0.4) is 0 Å². The van der Waals surface area contributed by atoms with Gasteiger partial charge in [-0.1, -0.05) is 0 Å². The van der Waals surface area contributed by atoms with Gasteiger partial charge in [-0.2, -0.15) is 5.10 Å². The van der Waals surface area contributed by atoms with Crippen LogP contribution in [0.15, 0.2) is 12.4 Å². The van der Waals surface area contributed by atoms with Crippen molar-refractivity contribution in [1.29, 1.82) is 0 Å². The van der Waals surface area contributed by atoms with Crippen molar-refractivity contribution in [1.82, 2.24) is 15.1 Å². The number of anilines is 1. The number of thiophene rings is 1. The fourth-order valence-corrected chi connectivity index (χ4v) is 5.20. The summed E-state index contributed by atoms with van der Waals surface area (Å²) >= 11 is 1.59. The number of rotatable bonds is 5. The number of nitrogens with zero attached hydrogens (tertiary/aromatic N) is 2. The Kier molecular flexibility index (Phi) is 3.67.